The van der Waals surface area contributed by atoms with E-state index in [1.165, 1.54) is 0 Å². The Morgan fingerprint density at radius 2 is 1.94 bits per heavy atom. The summed E-state index contributed by atoms with van der Waals surface area (Å²) < 4.78 is 5.18. The number of nitrogens with one attached hydrogen (secondary N) is 2. The second-order valence-electron chi connectivity index (χ2n) is 3.88. The van der Waals surface area contributed by atoms with Crippen molar-refractivity contribution < 1.29 is 24.2 Å². The molecule has 0 saturated carbocycles. The first-order chi connectivity index (χ1) is 8.32. The number of amides is 3. The van der Waals surface area contributed by atoms with Crippen molar-refractivity contribution in [1.29, 1.82) is 0 Å². The number of carboxylic acids is 1. The number of urea groups is 1. The number of ether oxygens (including phenoxy) is 1. The number of hydrogen-bond donors (Lipinski definition) is 4. The van der Waals surface area contributed by atoms with E-state index in [0.29, 0.717) is 6.61 Å². The Balaban J connectivity index is 3.95. The van der Waals surface area contributed by atoms with E-state index < -0.39 is 30.4 Å². The number of hydrogen-bond acceptors (Lipinski definition) is 4. The van der Waals surface area contributed by atoms with Crippen molar-refractivity contribution in [3.8, 4) is 0 Å². The van der Waals surface area contributed by atoms with E-state index >= 15 is 0 Å². The van der Waals surface area contributed by atoms with Gasteiger partial charge in [-0.2, -0.15) is 0 Å². The molecule has 0 radical (unpaired) electrons. The summed E-state index contributed by atoms with van der Waals surface area (Å²) in [6.45, 7) is 4.27. The van der Waals surface area contributed by atoms with Gasteiger partial charge in [0.05, 0.1) is 19.1 Å². The maximum Gasteiger partial charge on any atom is 0.326 e. The minimum absolute atomic E-state index is 0.0523. The maximum atomic E-state index is 11.3. The minimum Gasteiger partial charge on any atom is -0.480 e. The van der Waals surface area contributed by atoms with Crippen LogP contribution in [0.2, 0.25) is 0 Å². The summed E-state index contributed by atoms with van der Waals surface area (Å²) in [4.78, 5) is 32.6. The molecular weight excluding hydrogens is 242 g/mol. The molecular formula is C10H19N3O5. The largest absolute Gasteiger partial charge is 0.480 e. The van der Waals surface area contributed by atoms with Gasteiger partial charge in [-0.25, -0.2) is 9.59 Å². The molecule has 8 nitrogen and oxygen atoms in total. The van der Waals surface area contributed by atoms with Gasteiger partial charge < -0.3 is 26.2 Å². The Bertz CT molecular complexity index is 306. The molecule has 5 N–H and O–H groups in total. The third-order valence-corrected chi connectivity index (χ3v) is 1.85. The summed E-state index contributed by atoms with van der Waals surface area (Å²) in [6.07, 6.45) is -0.401. The lowest BCUT2D eigenvalue weighted by Crippen LogP contribution is -2.48. The molecule has 0 spiro atoms. The van der Waals surface area contributed by atoms with Gasteiger partial charge in [0, 0.05) is 6.54 Å². The second kappa shape index (κ2) is 8.29. The van der Waals surface area contributed by atoms with Gasteiger partial charge >= 0.3 is 12.0 Å². The van der Waals surface area contributed by atoms with Gasteiger partial charge in [0.25, 0.3) is 0 Å². The zero-order chi connectivity index (χ0) is 14.1. The van der Waals surface area contributed by atoms with Crippen molar-refractivity contribution in [2.45, 2.75) is 32.4 Å². The van der Waals surface area contributed by atoms with Gasteiger partial charge in [-0.15, -0.1) is 0 Å². The predicted molar refractivity (Wildman–Crippen MR) is 62.9 cm³/mol. The Labute approximate surface area is 105 Å². The lowest BCUT2D eigenvalue weighted by Gasteiger charge is -2.14. The number of carbonyl (C=O) groups is 3. The smallest absolute Gasteiger partial charge is 0.326 e. The normalized spacial score (nSPS) is 11.9. The Morgan fingerprint density at radius 1 is 1.33 bits per heavy atom. The molecule has 0 aromatic heterocycles. The fourth-order valence-electron chi connectivity index (χ4n) is 1.07. The van der Waals surface area contributed by atoms with Crippen LogP contribution >= 0.6 is 0 Å². The predicted octanol–water partition coefficient (Wildman–Crippen LogP) is -0.961. The quantitative estimate of drug-likeness (QED) is 0.418. The first-order valence-electron chi connectivity index (χ1n) is 5.50. The van der Waals surface area contributed by atoms with Gasteiger partial charge in [0.1, 0.15) is 6.04 Å². The standard InChI is InChI=1S/C10H19N3O5/c1-6(2)18-4-3-12-10(17)13-7(9(15)16)5-8(11)14/h6-7H,3-5H2,1-2H3,(H2,11,14)(H,15,16)(H2,12,13,17)/t7-/m0/s1. The molecule has 0 fully saturated rings. The van der Waals surface area contributed by atoms with E-state index in [-0.39, 0.29) is 12.6 Å². The van der Waals surface area contributed by atoms with Crippen LogP contribution in [0.15, 0.2) is 0 Å². The summed E-state index contributed by atoms with van der Waals surface area (Å²) >= 11 is 0. The number of carboxylic acid groups (broad SMARTS) is 1. The van der Waals surface area contributed by atoms with E-state index in [2.05, 4.69) is 10.6 Å². The van der Waals surface area contributed by atoms with E-state index in [0.717, 1.165) is 0 Å². The van der Waals surface area contributed by atoms with Gasteiger partial charge in [0.2, 0.25) is 5.91 Å². The van der Waals surface area contributed by atoms with E-state index in [4.69, 9.17) is 15.6 Å². The minimum atomic E-state index is -1.33. The molecule has 0 aliphatic heterocycles. The molecule has 0 aliphatic rings. The number of nitrogens with two attached hydrogens (primary N) is 1. The summed E-state index contributed by atoms with van der Waals surface area (Å²) in [7, 11) is 0. The fourth-order valence-corrected chi connectivity index (χ4v) is 1.07. The van der Waals surface area contributed by atoms with Crippen molar-refractivity contribution in [2.24, 2.45) is 5.73 Å². The van der Waals surface area contributed by atoms with Crippen LogP contribution in [0.5, 0.6) is 0 Å². The summed E-state index contributed by atoms with van der Waals surface area (Å²) in [5.74, 6) is -2.12. The molecule has 0 aromatic carbocycles. The van der Waals surface area contributed by atoms with Gasteiger partial charge in [0.15, 0.2) is 0 Å². The molecule has 18 heavy (non-hydrogen) atoms. The van der Waals surface area contributed by atoms with Crippen LogP contribution in [0.25, 0.3) is 0 Å². The Kier molecular flexibility index (Phi) is 7.45. The highest BCUT2D eigenvalue weighted by molar-refractivity contribution is 5.87. The van der Waals surface area contributed by atoms with Crippen LogP contribution < -0.4 is 16.4 Å². The van der Waals surface area contributed by atoms with Crippen LogP contribution in [-0.4, -0.2) is 48.3 Å². The highest BCUT2D eigenvalue weighted by Crippen LogP contribution is 1.91. The lowest BCUT2D eigenvalue weighted by atomic mass is 10.2. The third-order valence-electron chi connectivity index (χ3n) is 1.85. The molecule has 0 aromatic rings. The third kappa shape index (κ3) is 8.34. The topological polar surface area (TPSA) is 131 Å². The average molecular weight is 261 g/mol. The van der Waals surface area contributed by atoms with Crippen molar-refractivity contribution in [3.05, 3.63) is 0 Å². The number of aliphatic carboxylic acids is 1. The van der Waals surface area contributed by atoms with Crippen LogP contribution in [0.3, 0.4) is 0 Å². The molecule has 0 bridgehead atoms. The molecule has 0 aliphatic carbocycles. The van der Waals surface area contributed by atoms with Crippen molar-refractivity contribution >= 4 is 17.9 Å². The van der Waals surface area contributed by atoms with Gasteiger partial charge in [-0.1, -0.05) is 0 Å². The SMILES string of the molecule is CC(C)OCCNC(=O)N[C@@H](CC(N)=O)C(=O)O. The summed E-state index contributed by atoms with van der Waals surface area (Å²) in [6, 6.07) is -2.01. The maximum absolute atomic E-state index is 11.3. The van der Waals surface area contributed by atoms with E-state index in [9.17, 15) is 14.4 Å². The number of rotatable bonds is 8. The second-order valence-corrected chi connectivity index (χ2v) is 3.88. The number of primary amides is 1. The van der Waals surface area contributed by atoms with E-state index in [1.54, 1.807) is 0 Å². The Hall–Kier alpha value is -1.83. The molecule has 0 saturated heterocycles. The Morgan fingerprint density at radius 3 is 2.39 bits per heavy atom. The van der Waals surface area contributed by atoms with Crippen LogP contribution in [0.4, 0.5) is 4.79 Å². The molecule has 8 heteroatoms. The van der Waals surface area contributed by atoms with Crippen molar-refractivity contribution in [3.63, 3.8) is 0 Å². The molecule has 0 heterocycles. The molecule has 1 atom stereocenters. The van der Waals surface area contributed by atoms with E-state index in [1.807, 2.05) is 13.8 Å². The first-order valence-corrected chi connectivity index (χ1v) is 5.50. The lowest BCUT2D eigenvalue weighted by molar-refractivity contribution is -0.140. The molecule has 3 amide bonds. The van der Waals surface area contributed by atoms with Crippen molar-refractivity contribution in [1.82, 2.24) is 10.6 Å². The van der Waals surface area contributed by atoms with Crippen molar-refractivity contribution in [2.75, 3.05) is 13.2 Å². The number of carbonyl (C=O) groups excluding carboxylic acids is 2. The van der Waals surface area contributed by atoms with Gasteiger partial charge in [-0.05, 0) is 13.8 Å². The zero-order valence-corrected chi connectivity index (χ0v) is 10.4. The van der Waals surface area contributed by atoms with Crippen LogP contribution in [0.1, 0.15) is 20.3 Å². The first kappa shape index (κ1) is 16.2. The summed E-state index contributed by atoms with van der Waals surface area (Å²) in [5.41, 5.74) is 4.87. The zero-order valence-electron chi connectivity index (χ0n) is 10.4. The highest BCUT2D eigenvalue weighted by atomic mass is 16.5. The monoisotopic (exact) mass is 261 g/mol. The fraction of sp³-hybridized carbons (Fsp3) is 0.700. The molecule has 0 unspecified atom stereocenters. The molecule has 104 valence electrons. The summed E-state index contributed by atoms with van der Waals surface area (Å²) in [5, 5.41) is 13.3. The van der Waals surface area contributed by atoms with Crippen LogP contribution in [-0.2, 0) is 14.3 Å². The van der Waals surface area contributed by atoms with Gasteiger partial charge in [-0.3, -0.25) is 4.79 Å². The van der Waals surface area contributed by atoms with Crippen LogP contribution in [0, 0.1) is 0 Å². The highest BCUT2D eigenvalue weighted by Gasteiger charge is 2.21. The average Bonchev–Trinajstić information content (AvgIpc) is 2.22. The molecule has 0 rings (SSSR count).